The highest BCUT2D eigenvalue weighted by Crippen LogP contribution is 2.35. The summed E-state index contributed by atoms with van der Waals surface area (Å²) in [7, 11) is 0. The number of furan rings is 1. The minimum Gasteiger partial charge on any atom is -0.459 e. The summed E-state index contributed by atoms with van der Waals surface area (Å²) in [5.74, 6) is -0.143. The number of imide groups is 1. The quantitative estimate of drug-likeness (QED) is 0.692. The molecule has 1 saturated carbocycles. The van der Waals surface area contributed by atoms with Crippen LogP contribution in [0.15, 0.2) is 22.8 Å². The summed E-state index contributed by atoms with van der Waals surface area (Å²) >= 11 is 0. The molecule has 1 aromatic heterocycles. The number of hydrogen-bond acceptors (Lipinski definition) is 6. The minimum absolute atomic E-state index is 0.0455. The van der Waals surface area contributed by atoms with Crippen molar-refractivity contribution in [1.29, 1.82) is 0 Å². The number of piperazine rings is 1. The Labute approximate surface area is 174 Å². The van der Waals surface area contributed by atoms with Crippen molar-refractivity contribution >= 4 is 23.8 Å². The lowest BCUT2D eigenvalue weighted by molar-refractivity contribution is -0.140. The van der Waals surface area contributed by atoms with Crippen LogP contribution >= 0.6 is 0 Å². The van der Waals surface area contributed by atoms with Crippen molar-refractivity contribution in [3.05, 3.63) is 24.2 Å². The van der Waals surface area contributed by atoms with E-state index in [1.165, 1.54) is 6.26 Å². The molecule has 0 atom stereocenters. The molecule has 5 amide bonds. The molecular weight excluding hydrogens is 390 g/mol. The molecule has 0 unspecified atom stereocenters. The third-order valence-corrected chi connectivity index (χ3v) is 6.28. The van der Waals surface area contributed by atoms with Crippen LogP contribution in [0.4, 0.5) is 4.79 Å². The van der Waals surface area contributed by atoms with Gasteiger partial charge in [0, 0.05) is 26.2 Å². The van der Waals surface area contributed by atoms with E-state index in [9.17, 15) is 19.2 Å². The maximum Gasteiger partial charge on any atom is 0.344 e. The third-order valence-electron chi connectivity index (χ3n) is 6.28. The molecule has 3 fully saturated rings. The van der Waals surface area contributed by atoms with Gasteiger partial charge in [0.15, 0.2) is 5.76 Å². The SMILES string of the molecule is CC1CCC2(CC1)NC(=O)N(NC(=O)CN1CCN(C(=O)c3ccco3)CC1)C2=O. The van der Waals surface area contributed by atoms with Gasteiger partial charge < -0.3 is 14.6 Å². The summed E-state index contributed by atoms with van der Waals surface area (Å²) in [4.78, 5) is 53.5. The Bertz CT molecular complexity index is 823. The van der Waals surface area contributed by atoms with Gasteiger partial charge in [0.2, 0.25) is 0 Å². The topological polar surface area (TPSA) is 115 Å². The molecule has 3 heterocycles. The van der Waals surface area contributed by atoms with Crippen molar-refractivity contribution in [2.45, 2.75) is 38.1 Å². The first-order valence-electron chi connectivity index (χ1n) is 10.4. The second-order valence-corrected chi connectivity index (χ2v) is 8.42. The van der Waals surface area contributed by atoms with E-state index in [1.807, 2.05) is 4.90 Å². The van der Waals surface area contributed by atoms with Crippen LogP contribution in [-0.4, -0.2) is 76.8 Å². The number of carbonyl (C=O) groups is 4. The van der Waals surface area contributed by atoms with Crippen LogP contribution in [0.1, 0.15) is 43.2 Å². The Kier molecular flexibility index (Phi) is 5.50. The molecule has 10 nitrogen and oxygen atoms in total. The summed E-state index contributed by atoms with van der Waals surface area (Å²) in [5, 5.41) is 3.61. The smallest absolute Gasteiger partial charge is 0.344 e. The van der Waals surface area contributed by atoms with E-state index in [4.69, 9.17) is 4.42 Å². The molecule has 4 rings (SSSR count). The van der Waals surface area contributed by atoms with Gasteiger partial charge in [-0.05, 0) is 43.7 Å². The van der Waals surface area contributed by atoms with E-state index in [0.717, 1.165) is 17.9 Å². The van der Waals surface area contributed by atoms with Gasteiger partial charge in [-0.1, -0.05) is 6.92 Å². The van der Waals surface area contributed by atoms with Crippen LogP contribution in [-0.2, 0) is 9.59 Å². The predicted molar refractivity (Wildman–Crippen MR) is 105 cm³/mol. The van der Waals surface area contributed by atoms with Crippen LogP contribution in [0.3, 0.4) is 0 Å². The second-order valence-electron chi connectivity index (χ2n) is 8.42. The lowest BCUT2D eigenvalue weighted by Gasteiger charge is -2.34. The molecule has 1 spiro atoms. The Hall–Kier alpha value is -2.88. The molecule has 0 radical (unpaired) electrons. The van der Waals surface area contributed by atoms with Crippen molar-refractivity contribution in [2.75, 3.05) is 32.7 Å². The Balaban J connectivity index is 1.27. The number of urea groups is 1. The highest BCUT2D eigenvalue weighted by molar-refractivity contribution is 6.08. The van der Waals surface area contributed by atoms with E-state index in [-0.39, 0.29) is 18.4 Å². The number of hydrazine groups is 1. The van der Waals surface area contributed by atoms with Crippen molar-refractivity contribution in [3.8, 4) is 0 Å². The molecule has 0 bridgehead atoms. The summed E-state index contributed by atoms with van der Waals surface area (Å²) in [6.45, 7) is 4.15. The van der Waals surface area contributed by atoms with Gasteiger partial charge in [0.25, 0.3) is 17.7 Å². The molecule has 2 N–H and O–H groups in total. The lowest BCUT2D eigenvalue weighted by atomic mass is 9.77. The van der Waals surface area contributed by atoms with Crippen molar-refractivity contribution < 1.29 is 23.6 Å². The number of rotatable bonds is 4. The summed E-state index contributed by atoms with van der Waals surface area (Å²) in [5.41, 5.74) is 1.58. The number of hydrogen-bond donors (Lipinski definition) is 2. The molecule has 0 aromatic carbocycles. The Morgan fingerprint density at radius 3 is 2.53 bits per heavy atom. The highest BCUT2D eigenvalue weighted by atomic mass is 16.3. The fourth-order valence-electron chi connectivity index (χ4n) is 4.34. The predicted octanol–water partition coefficient (Wildman–Crippen LogP) is 0.569. The van der Waals surface area contributed by atoms with Crippen LogP contribution < -0.4 is 10.7 Å². The normalized spacial score (nSPS) is 27.4. The molecule has 10 heteroatoms. The van der Waals surface area contributed by atoms with Gasteiger partial charge in [-0.2, -0.15) is 5.01 Å². The zero-order chi connectivity index (χ0) is 21.3. The molecule has 1 aromatic rings. The van der Waals surface area contributed by atoms with Crippen LogP contribution in [0, 0.1) is 5.92 Å². The standard InChI is InChI=1S/C20H27N5O5/c1-14-4-6-20(7-5-14)18(28)25(19(29)21-20)22-16(26)13-23-8-10-24(11-9-23)17(27)15-3-2-12-30-15/h2-3,12,14H,4-11,13H2,1H3,(H,21,29)(H,22,26). The fraction of sp³-hybridized carbons (Fsp3) is 0.600. The van der Waals surface area contributed by atoms with Crippen molar-refractivity contribution in [2.24, 2.45) is 5.92 Å². The highest BCUT2D eigenvalue weighted by Gasteiger charge is 2.52. The van der Waals surface area contributed by atoms with E-state index in [0.29, 0.717) is 50.7 Å². The van der Waals surface area contributed by atoms with Crippen LogP contribution in [0.5, 0.6) is 0 Å². The molecule has 162 valence electrons. The van der Waals surface area contributed by atoms with Crippen molar-refractivity contribution in [3.63, 3.8) is 0 Å². The van der Waals surface area contributed by atoms with Crippen molar-refractivity contribution in [1.82, 2.24) is 25.6 Å². The van der Waals surface area contributed by atoms with Gasteiger partial charge in [-0.15, -0.1) is 0 Å². The van der Waals surface area contributed by atoms with Gasteiger partial charge in [-0.3, -0.25) is 24.7 Å². The molecule has 2 aliphatic heterocycles. The lowest BCUT2D eigenvalue weighted by Crippen LogP contribution is -2.55. The second kappa shape index (κ2) is 8.10. The maximum atomic E-state index is 12.8. The first-order chi connectivity index (χ1) is 14.4. The van der Waals surface area contributed by atoms with Crippen LogP contribution in [0.2, 0.25) is 0 Å². The fourth-order valence-corrected chi connectivity index (χ4v) is 4.34. The zero-order valence-corrected chi connectivity index (χ0v) is 17.1. The van der Waals surface area contributed by atoms with E-state index >= 15 is 0 Å². The van der Waals surface area contributed by atoms with E-state index < -0.39 is 17.5 Å². The average Bonchev–Trinajstić information content (AvgIpc) is 3.34. The molecule has 3 aliphatic rings. The first-order valence-corrected chi connectivity index (χ1v) is 10.4. The summed E-state index contributed by atoms with van der Waals surface area (Å²) in [6.07, 6.45) is 4.39. The summed E-state index contributed by atoms with van der Waals surface area (Å²) < 4.78 is 5.14. The number of nitrogens with zero attached hydrogens (tertiary/aromatic N) is 3. The van der Waals surface area contributed by atoms with Crippen LogP contribution in [0.25, 0.3) is 0 Å². The molecular formula is C20H27N5O5. The van der Waals surface area contributed by atoms with E-state index in [2.05, 4.69) is 17.7 Å². The Morgan fingerprint density at radius 2 is 1.90 bits per heavy atom. The number of nitrogens with one attached hydrogen (secondary N) is 2. The molecule has 1 aliphatic carbocycles. The average molecular weight is 417 g/mol. The van der Waals surface area contributed by atoms with E-state index in [1.54, 1.807) is 17.0 Å². The zero-order valence-electron chi connectivity index (χ0n) is 17.1. The van der Waals surface area contributed by atoms with Gasteiger partial charge in [0.05, 0.1) is 12.8 Å². The first kappa shape index (κ1) is 20.4. The van der Waals surface area contributed by atoms with Gasteiger partial charge in [0.1, 0.15) is 5.54 Å². The molecule has 2 saturated heterocycles. The Morgan fingerprint density at radius 1 is 1.20 bits per heavy atom. The molecule has 30 heavy (non-hydrogen) atoms. The number of amides is 5. The maximum absolute atomic E-state index is 12.8. The number of carbonyl (C=O) groups excluding carboxylic acids is 4. The van der Waals surface area contributed by atoms with Gasteiger partial charge >= 0.3 is 6.03 Å². The largest absolute Gasteiger partial charge is 0.459 e. The monoisotopic (exact) mass is 417 g/mol. The van der Waals surface area contributed by atoms with Gasteiger partial charge in [-0.25, -0.2) is 4.79 Å². The minimum atomic E-state index is -0.880. The third kappa shape index (κ3) is 3.91. The summed E-state index contributed by atoms with van der Waals surface area (Å²) in [6, 6.07) is 2.72.